The highest BCUT2D eigenvalue weighted by Gasteiger charge is 2.21. The van der Waals surface area contributed by atoms with E-state index >= 15 is 0 Å². The molecule has 0 aliphatic carbocycles. The Kier molecular flexibility index (Phi) is 7.38. The number of rotatable bonds is 9. The number of anilines is 1. The molecule has 30 heavy (non-hydrogen) atoms. The molecule has 0 spiro atoms. The van der Waals surface area contributed by atoms with Crippen molar-refractivity contribution in [2.24, 2.45) is 0 Å². The molecule has 2 aromatic carbocycles. The van der Waals surface area contributed by atoms with Crippen molar-refractivity contribution in [1.29, 1.82) is 0 Å². The van der Waals surface area contributed by atoms with Crippen LogP contribution in [0.2, 0.25) is 0 Å². The van der Waals surface area contributed by atoms with Crippen LogP contribution in [-0.2, 0) is 16.6 Å². The second-order valence-corrected chi connectivity index (χ2v) is 9.06. The molecule has 0 radical (unpaired) electrons. The number of nitro groups is 1. The number of benzene rings is 2. The molecule has 0 aromatic heterocycles. The Morgan fingerprint density at radius 3 is 2.33 bits per heavy atom. The van der Waals surface area contributed by atoms with Gasteiger partial charge in [-0.25, -0.2) is 13.1 Å². The van der Waals surface area contributed by atoms with Gasteiger partial charge in [0.15, 0.2) is 0 Å². The monoisotopic (exact) mass is 433 g/mol. The Balaban J connectivity index is 1.50. The molecule has 1 heterocycles. The Hall–Kier alpha value is -2.53. The summed E-state index contributed by atoms with van der Waals surface area (Å²) in [5.74, 6) is 0. The fraction of sp³-hybridized carbons (Fsp3) is 0.400. The molecule has 2 aromatic rings. The lowest BCUT2D eigenvalue weighted by molar-refractivity contribution is -0.384. The molecule has 0 unspecified atom stereocenters. The minimum absolute atomic E-state index is 0.128. The lowest BCUT2D eigenvalue weighted by atomic mass is 10.2. The normalized spacial score (nSPS) is 15.8. The summed E-state index contributed by atoms with van der Waals surface area (Å²) in [7, 11) is -2.46. The van der Waals surface area contributed by atoms with E-state index in [4.69, 9.17) is 0 Å². The first-order valence-corrected chi connectivity index (χ1v) is 11.3. The van der Waals surface area contributed by atoms with Crippen LogP contribution in [0.1, 0.15) is 5.56 Å². The van der Waals surface area contributed by atoms with Crippen molar-refractivity contribution < 1.29 is 13.3 Å². The first-order chi connectivity index (χ1) is 14.4. The average molecular weight is 434 g/mol. The Morgan fingerprint density at radius 1 is 1.03 bits per heavy atom. The highest BCUT2D eigenvalue weighted by atomic mass is 32.2. The Labute approximate surface area is 176 Å². The molecule has 162 valence electrons. The van der Waals surface area contributed by atoms with Gasteiger partial charge in [-0.05, 0) is 24.7 Å². The van der Waals surface area contributed by atoms with Crippen molar-refractivity contribution in [2.45, 2.75) is 11.4 Å². The minimum Gasteiger partial charge on any atom is -0.378 e. The van der Waals surface area contributed by atoms with Crippen molar-refractivity contribution in [1.82, 2.24) is 14.5 Å². The van der Waals surface area contributed by atoms with Crippen molar-refractivity contribution in [3.8, 4) is 0 Å². The van der Waals surface area contributed by atoms with E-state index < -0.39 is 14.9 Å². The molecular weight excluding hydrogens is 406 g/mol. The summed E-state index contributed by atoms with van der Waals surface area (Å²) in [6.45, 7) is 6.08. The topological polar surface area (TPSA) is 108 Å². The molecule has 3 rings (SSSR count). The molecular formula is C20H27N5O4S. The van der Waals surface area contributed by atoms with Gasteiger partial charge in [-0.3, -0.25) is 19.9 Å². The molecule has 1 aliphatic rings. The highest BCUT2D eigenvalue weighted by Crippen LogP contribution is 2.27. The maximum Gasteiger partial charge on any atom is 0.293 e. The van der Waals surface area contributed by atoms with Gasteiger partial charge in [-0.1, -0.05) is 30.3 Å². The number of hydrogen-bond donors (Lipinski definition) is 2. The molecule has 0 amide bonds. The van der Waals surface area contributed by atoms with E-state index in [-0.39, 0.29) is 10.6 Å². The predicted octanol–water partition coefficient (Wildman–Crippen LogP) is 1.73. The van der Waals surface area contributed by atoms with Crippen LogP contribution in [0.15, 0.2) is 53.4 Å². The summed E-state index contributed by atoms with van der Waals surface area (Å²) < 4.78 is 25.9. The molecule has 1 fully saturated rings. The SMILES string of the molecule is CNS(=O)(=O)c1ccc(NCCN2CCN(Cc3ccccc3)CC2)c([N+](=O)[O-])c1. The second kappa shape index (κ2) is 9.98. The standard InChI is InChI=1S/C20H27N5O4S/c1-21-30(28,29)18-7-8-19(20(15-18)25(26)27)22-9-10-23-11-13-24(14-12-23)16-17-5-3-2-4-6-17/h2-8,15,21-22H,9-14,16H2,1H3. The maximum absolute atomic E-state index is 11.9. The number of hydrogen-bond acceptors (Lipinski definition) is 7. The summed E-state index contributed by atoms with van der Waals surface area (Å²) in [5, 5.41) is 14.5. The first kappa shape index (κ1) is 22.2. The number of nitro benzene ring substituents is 1. The zero-order valence-electron chi connectivity index (χ0n) is 17.0. The maximum atomic E-state index is 11.9. The lowest BCUT2D eigenvalue weighted by Gasteiger charge is -2.34. The van der Waals surface area contributed by atoms with Crippen LogP contribution in [0, 0.1) is 10.1 Å². The van der Waals surface area contributed by atoms with E-state index in [9.17, 15) is 18.5 Å². The van der Waals surface area contributed by atoms with Gasteiger partial charge >= 0.3 is 0 Å². The van der Waals surface area contributed by atoms with Crippen LogP contribution in [0.3, 0.4) is 0 Å². The molecule has 1 saturated heterocycles. The number of nitrogens with zero attached hydrogens (tertiary/aromatic N) is 3. The first-order valence-electron chi connectivity index (χ1n) is 9.83. The summed E-state index contributed by atoms with van der Waals surface area (Å²) in [6, 6.07) is 14.3. The van der Waals surface area contributed by atoms with Gasteiger partial charge in [0.05, 0.1) is 9.82 Å². The fourth-order valence-corrected chi connectivity index (χ4v) is 4.21. The minimum atomic E-state index is -3.73. The van der Waals surface area contributed by atoms with Gasteiger partial charge in [0.1, 0.15) is 5.69 Å². The number of piperazine rings is 1. The summed E-state index contributed by atoms with van der Waals surface area (Å²) in [6.07, 6.45) is 0. The average Bonchev–Trinajstić information content (AvgIpc) is 2.75. The van der Waals surface area contributed by atoms with E-state index in [1.165, 1.54) is 24.7 Å². The number of sulfonamides is 1. The van der Waals surface area contributed by atoms with Crippen molar-refractivity contribution in [3.63, 3.8) is 0 Å². The summed E-state index contributed by atoms with van der Waals surface area (Å²) in [5.41, 5.74) is 1.38. The predicted molar refractivity (Wildman–Crippen MR) is 116 cm³/mol. The zero-order chi connectivity index (χ0) is 21.6. The van der Waals surface area contributed by atoms with Crippen molar-refractivity contribution in [2.75, 3.05) is 51.6 Å². The van der Waals surface area contributed by atoms with Crippen LogP contribution in [0.25, 0.3) is 0 Å². The van der Waals surface area contributed by atoms with Crippen molar-refractivity contribution in [3.05, 3.63) is 64.2 Å². The molecule has 0 bridgehead atoms. The molecule has 9 nitrogen and oxygen atoms in total. The molecule has 10 heteroatoms. The van der Waals surface area contributed by atoms with E-state index in [2.05, 4.69) is 44.1 Å². The van der Waals surface area contributed by atoms with Gasteiger partial charge < -0.3 is 5.32 Å². The van der Waals surface area contributed by atoms with E-state index in [1.807, 2.05) is 6.07 Å². The summed E-state index contributed by atoms with van der Waals surface area (Å²) in [4.78, 5) is 15.4. The van der Waals surface area contributed by atoms with Gasteiger partial charge in [-0.15, -0.1) is 0 Å². The quantitative estimate of drug-likeness (QED) is 0.458. The van der Waals surface area contributed by atoms with E-state index in [0.717, 1.165) is 45.3 Å². The molecule has 0 atom stereocenters. The smallest absolute Gasteiger partial charge is 0.293 e. The zero-order valence-corrected chi connectivity index (χ0v) is 17.8. The highest BCUT2D eigenvalue weighted by molar-refractivity contribution is 7.89. The van der Waals surface area contributed by atoms with Crippen LogP contribution in [0.5, 0.6) is 0 Å². The van der Waals surface area contributed by atoms with Crippen LogP contribution in [0.4, 0.5) is 11.4 Å². The van der Waals surface area contributed by atoms with Gasteiger partial charge in [0, 0.05) is 51.9 Å². The van der Waals surface area contributed by atoms with E-state index in [0.29, 0.717) is 12.2 Å². The fourth-order valence-electron chi connectivity index (χ4n) is 3.46. The number of nitrogens with one attached hydrogen (secondary N) is 2. The van der Waals surface area contributed by atoms with E-state index in [1.54, 1.807) is 0 Å². The van der Waals surface area contributed by atoms with Crippen molar-refractivity contribution >= 4 is 21.4 Å². The lowest BCUT2D eigenvalue weighted by Crippen LogP contribution is -2.47. The van der Waals surface area contributed by atoms with Gasteiger partial charge in [0.25, 0.3) is 5.69 Å². The summed E-state index contributed by atoms with van der Waals surface area (Å²) >= 11 is 0. The Morgan fingerprint density at radius 2 is 1.70 bits per heavy atom. The third-order valence-electron chi connectivity index (χ3n) is 5.20. The molecule has 0 saturated carbocycles. The van der Waals surface area contributed by atoms with Crippen LogP contribution in [-0.4, -0.2) is 69.5 Å². The second-order valence-electron chi connectivity index (χ2n) is 7.17. The Bertz CT molecular complexity index is 960. The largest absolute Gasteiger partial charge is 0.378 e. The third kappa shape index (κ3) is 5.76. The van der Waals surface area contributed by atoms with Gasteiger partial charge in [0.2, 0.25) is 10.0 Å². The van der Waals surface area contributed by atoms with Crippen LogP contribution >= 0.6 is 0 Å². The molecule has 1 aliphatic heterocycles. The van der Waals surface area contributed by atoms with Crippen LogP contribution < -0.4 is 10.0 Å². The third-order valence-corrected chi connectivity index (χ3v) is 6.61. The van der Waals surface area contributed by atoms with Gasteiger partial charge in [-0.2, -0.15) is 0 Å². The molecule has 2 N–H and O–H groups in total.